The first kappa shape index (κ1) is 16.2. The first-order valence-corrected chi connectivity index (χ1v) is 7.29. The Morgan fingerprint density at radius 1 is 1.37 bits per heavy atom. The lowest BCUT2D eigenvalue weighted by atomic mass is 9.85. The Morgan fingerprint density at radius 3 is 2.47 bits per heavy atom. The third kappa shape index (κ3) is 4.96. The summed E-state index contributed by atoms with van der Waals surface area (Å²) in [5, 5.41) is 12.3. The normalized spacial score (nSPS) is 13.3. The largest absolute Gasteiger partial charge is 0.481 e. The van der Waals surface area contributed by atoms with E-state index in [1.807, 2.05) is 13.0 Å². The molecule has 0 amide bonds. The van der Waals surface area contributed by atoms with Gasteiger partial charge in [0.2, 0.25) is 0 Å². The fourth-order valence-electron chi connectivity index (χ4n) is 1.98. The molecule has 1 atom stereocenters. The minimum Gasteiger partial charge on any atom is -0.481 e. The second-order valence-corrected chi connectivity index (χ2v) is 6.65. The highest BCUT2D eigenvalue weighted by Crippen LogP contribution is 2.30. The molecule has 2 N–H and O–H groups in total. The van der Waals surface area contributed by atoms with E-state index in [1.165, 1.54) is 5.56 Å². The summed E-state index contributed by atoms with van der Waals surface area (Å²) >= 11 is 3.52. The summed E-state index contributed by atoms with van der Waals surface area (Å²) in [5.74, 6) is -0.789. The molecule has 0 saturated carbocycles. The number of aliphatic carboxylic acids is 1. The van der Waals surface area contributed by atoms with Crippen LogP contribution in [0.4, 0.5) is 0 Å². The van der Waals surface area contributed by atoms with Crippen molar-refractivity contribution < 1.29 is 9.90 Å². The molecule has 1 aromatic carbocycles. The van der Waals surface area contributed by atoms with Crippen molar-refractivity contribution in [1.82, 2.24) is 5.32 Å². The zero-order valence-electron chi connectivity index (χ0n) is 12.0. The zero-order chi connectivity index (χ0) is 14.6. The van der Waals surface area contributed by atoms with E-state index in [-0.39, 0.29) is 17.9 Å². The fourth-order valence-corrected chi connectivity index (χ4v) is 2.49. The lowest BCUT2D eigenvalue weighted by molar-refractivity contribution is -0.137. The summed E-state index contributed by atoms with van der Waals surface area (Å²) in [6, 6.07) is 6.03. The summed E-state index contributed by atoms with van der Waals surface area (Å²) < 4.78 is 0.989. The van der Waals surface area contributed by atoms with Gasteiger partial charge in [-0.05, 0) is 35.2 Å². The van der Waals surface area contributed by atoms with Crippen molar-refractivity contribution in [2.24, 2.45) is 0 Å². The van der Waals surface area contributed by atoms with E-state index in [0.29, 0.717) is 0 Å². The number of nitrogens with one attached hydrogen (secondary N) is 1. The Hall–Kier alpha value is -0.870. The number of carbonyl (C=O) groups is 1. The minimum atomic E-state index is -0.789. The summed E-state index contributed by atoms with van der Waals surface area (Å²) in [5.41, 5.74) is 2.26. The predicted molar refractivity (Wildman–Crippen MR) is 81.5 cm³/mol. The molecule has 4 heteroatoms. The summed E-state index contributed by atoms with van der Waals surface area (Å²) in [7, 11) is 0. The second kappa shape index (κ2) is 6.53. The van der Waals surface area contributed by atoms with Crippen LogP contribution in [0.15, 0.2) is 22.7 Å². The van der Waals surface area contributed by atoms with Crippen LogP contribution in [0, 0.1) is 0 Å². The fraction of sp³-hybridized carbons (Fsp3) is 0.533. The Morgan fingerprint density at radius 2 is 2.00 bits per heavy atom. The number of hydrogen-bond acceptors (Lipinski definition) is 2. The van der Waals surface area contributed by atoms with Gasteiger partial charge in [-0.1, -0.05) is 49.7 Å². The number of halogens is 1. The molecular weight excluding hydrogens is 306 g/mol. The van der Waals surface area contributed by atoms with E-state index in [0.717, 1.165) is 16.6 Å². The van der Waals surface area contributed by atoms with E-state index in [9.17, 15) is 4.79 Å². The van der Waals surface area contributed by atoms with Crippen LogP contribution in [0.3, 0.4) is 0 Å². The smallest absolute Gasteiger partial charge is 0.305 e. The molecule has 3 nitrogen and oxygen atoms in total. The molecule has 0 spiro atoms. The van der Waals surface area contributed by atoms with Crippen molar-refractivity contribution in [3.8, 4) is 0 Å². The Bertz CT molecular complexity index is 452. The van der Waals surface area contributed by atoms with Crippen LogP contribution in [-0.4, -0.2) is 17.6 Å². The maximum absolute atomic E-state index is 11.0. The van der Waals surface area contributed by atoms with Crippen molar-refractivity contribution in [2.75, 3.05) is 6.54 Å². The Labute approximate surface area is 123 Å². The van der Waals surface area contributed by atoms with Gasteiger partial charge in [-0.25, -0.2) is 0 Å². The van der Waals surface area contributed by atoms with E-state index < -0.39 is 5.97 Å². The molecule has 0 bridgehead atoms. The SMILES string of the molecule is CCNC(CC(=O)O)c1cc(Br)cc(C(C)(C)C)c1. The molecule has 0 fully saturated rings. The quantitative estimate of drug-likeness (QED) is 0.863. The van der Waals surface area contributed by atoms with Crippen molar-refractivity contribution in [3.05, 3.63) is 33.8 Å². The van der Waals surface area contributed by atoms with Gasteiger partial charge in [0.15, 0.2) is 0 Å². The van der Waals surface area contributed by atoms with Crippen molar-refractivity contribution in [1.29, 1.82) is 0 Å². The molecule has 0 aliphatic heterocycles. The first-order valence-electron chi connectivity index (χ1n) is 6.50. The van der Waals surface area contributed by atoms with Crippen LogP contribution < -0.4 is 5.32 Å². The van der Waals surface area contributed by atoms with Crippen LogP contribution in [0.5, 0.6) is 0 Å². The van der Waals surface area contributed by atoms with Crippen LogP contribution in [0.25, 0.3) is 0 Å². The number of carboxylic acids is 1. The van der Waals surface area contributed by atoms with Crippen molar-refractivity contribution in [2.45, 2.75) is 45.6 Å². The highest BCUT2D eigenvalue weighted by Gasteiger charge is 2.19. The monoisotopic (exact) mass is 327 g/mol. The molecular formula is C15H22BrNO2. The zero-order valence-corrected chi connectivity index (χ0v) is 13.5. The number of hydrogen-bond donors (Lipinski definition) is 2. The number of benzene rings is 1. The maximum Gasteiger partial charge on any atom is 0.305 e. The Kier molecular flexibility index (Phi) is 5.56. The molecule has 106 valence electrons. The van der Waals surface area contributed by atoms with Gasteiger partial charge in [0.1, 0.15) is 0 Å². The van der Waals surface area contributed by atoms with Gasteiger partial charge < -0.3 is 10.4 Å². The topological polar surface area (TPSA) is 49.3 Å². The standard InChI is InChI=1S/C15H22BrNO2/c1-5-17-13(9-14(18)19)10-6-11(15(2,3)4)8-12(16)7-10/h6-8,13,17H,5,9H2,1-4H3,(H,18,19). The number of carboxylic acid groups (broad SMARTS) is 1. The van der Waals surface area contributed by atoms with Gasteiger partial charge in [0.25, 0.3) is 0 Å². The van der Waals surface area contributed by atoms with E-state index in [4.69, 9.17) is 5.11 Å². The second-order valence-electron chi connectivity index (χ2n) is 5.73. The van der Waals surface area contributed by atoms with Gasteiger partial charge in [-0.15, -0.1) is 0 Å². The molecule has 1 unspecified atom stereocenters. The van der Waals surface area contributed by atoms with E-state index in [1.54, 1.807) is 0 Å². The molecule has 0 heterocycles. The van der Waals surface area contributed by atoms with Crippen LogP contribution in [0.2, 0.25) is 0 Å². The molecule has 0 aliphatic rings. The molecule has 0 radical (unpaired) electrons. The van der Waals surface area contributed by atoms with Crippen LogP contribution in [-0.2, 0) is 10.2 Å². The lowest BCUT2D eigenvalue weighted by Crippen LogP contribution is -2.24. The maximum atomic E-state index is 11.0. The molecule has 19 heavy (non-hydrogen) atoms. The van der Waals surface area contributed by atoms with Crippen LogP contribution in [0.1, 0.15) is 51.3 Å². The van der Waals surface area contributed by atoms with Gasteiger partial charge >= 0.3 is 5.97 Å². The summed E-state index contributed by atoms with van der Waals surface area (Å²) in [6.07, 6.45) is 0.0911. The molecule has 1 rings (SSSR count). The van der Waals surface area contributed by atoms with Gasteiger partial charge in [-0.2, -0.15) is 0 Å². The summed E-state index contributed by atoms with van der Waals surface area (Å²) in [6.45, 7) is 9.18. The van der Waals surface area contributed by atoms with Crippen molar-refractivity contribution >= 4 is 21.9 Å². The highest BCUT2D eigenvalue weighted by atomic mass is 79.9. The molecule has 1 aromatic rings. The number of rotatable bonds is 5. The molecule has 0 aliphatic carbocycles. The van der Waals surface area contributed by atoms with Crippen molar-refractivity contribution in [3.63, 3.8) is 0 Å². The minimum absolute atomic E-state index is 0.0402. The molecule has 0 saturated heterocycles. The van der Waals surface area contributed by atoms with Gasteiger partial charge in [0, 0.05) is 10.5 Å². The third-order valence-corrected chi connectivity index (χ3v) is 3.48. The van der Waals surface area contributed by atoms with E-state index >= 15 is 0 Å². The average Bonchev–Trinajstić information content (AvgIpc) is 2.26. The lowest BCUT2D eigenvalue weighted by Gasteiger charge is -2.23. The highest BCUT2D eigenvalue weighted by molar-refractivity contribution is 9.10. The third-order valence-electron chi connectivity index (χ3n) is 3.02. The summed E-state index contributed by atoms with van der Waals surface area (Å²) in [4.78, 5) is 11.0. The van der Waals surface area contributed by atoms with E-state index in [2.05, 4.69) is 54.2 Å². The molecule has 0 aromatic heterocycles. The predicted octanol–water partition coefficient (Wildman–Crippen LogP) is 3.87. The van der Waals surface area contributed by atoms with Gasteiger partial charge in [0.05, 0.1) is 6.42 Å². The van der Waals surface area contributed by atoms with Crippen LogP contribution >= 0.6 is 15.9 Å². The van der Waals surface area contributed by atoms with Gasteiger partial charge in [-0.3, -0.25) is 4.79 Å². The average molecular weight is 328 g/mol. The Balaban J connectivity index is 3.15. The first-order chi connectivity index (χ1) is 8.74.